The number of benzene rings is 1. The van der Waals surface area contributed by atoms with Gasteiger partial charge in [-0.1, -0.05) is 36.2 Å². The number of nitrogens with zero attached hydrogens (tertiary/aromatic N) is 1. The van der Waals surface area contributed by atoms with Gasteiger partial charge in [-0.15, -0.1) is 0 Å². The van der Waals surface area contributed by atoms with Crippen LogP contribution < -0.4 is 0 Å². The molecule has 2 rings (SSSR count). The Hall–Kier alpha value is -1.49. The van der Waals surface area contributed by atoms with E-state index in [1.54, 1.807) is 24.3 Å². The molecule has 0 fully saturated rings. The molecule has 0 N–H and O–H groups in total. The van der Waals surface area contributed by atoms with Crippen LogP contribution in [0.15, 0.2) is 39.9 Å². The molecule has 21 heavy (non-hydrogen) atoms. The maximum absolute atomic E-state index is 11.5. The van der Waals surface area contributed by atoms with Crippen LogP contribution >= 0.6 is 0 Å². The van der Waals surface area contributed by atoms with Crippen LogP contribution in [-0.4, -0.2) is 20.7 Å². The first-order valence-corrected chi connectivity index (χ1v) is 9.21. The van der Waals surface area contributed by atoms with Crippen molar-refractivity contribution in [2.75, 3.05) is 6.26 Å². The third-order valence-corrected chi connectivity index (χ3v) is 5.11. The van der Waals surface area contributed by atoms with E-state index in [4.69, 9.17) is 0 Å². The average molecular weight is 307 g/mol. The molecule has 0 radical (unpaired) electrons. The third-order valence-electron chi connectivity index (χ3n) is 3.99. The highest BCUT2D eigenvalue weighted by Crippen LogP contribution is 2.38. The van der Waals surface area contributed by atoms with Crippen molar-refractivity contribution in [2.45, 2.75) is 50.0 Å². The van der Waals surface area contributed by atoms with Gasteiger partial charge in [0.1, 0.15) is 6.04 Å². The number of hydrogen-bond donors (Lipinski definition) is 0. The summed E-state index contributed by atoms with van der Waals surface area (Å²) in [5.41, 5.74) is 3.24. The number of nitroso groups, excluding NO2 is 1. The molecule has 0 saturated carbocycles. The van der Waals surface area contributed by atoms with Crippen LogP contribution in [0.25, 0.3) is 5.57 Å². The second kappa shape index (κ2) is 6.52. The van der Waals surface area contributed by atoms with Crippen molar-refractivity contribution in [3.05, 3.63) is 40.3 Å². The van der Waals surface area contributed by atoms with Crippen molar-refractivity contribution in [1.82, 2.24) is 0 Å². The molecule has 0 spiro atoms. The van der Waals surface area contributed by atoms with Crippen LogP contribution in [0.4, 0.5) is 0 Å². The second-order valence-electron chi connectivity index (χ2n) is 5.58. The van der Waals surface area contributed by atoms with Gasteiger partial charge in [0.05, 0.1) is 4.90 Å². The number of allylic oxidation sites excluding steroid dienone is 1. The van der Waals surface area contributed by atoms with E-state index >= 15 is 0 Å². The fraction of sp³-hybridized carbons (Fsp3) is 0.500. The van der Waals surface area contributed by atoms with Gasteiger partial charge in [0.25, 0.3) is 0 Å². The molecule has 0 heterocycles. The lowest BCUT2D eigenvalue weighted by atomic mass is 9.97. The van der Waals surface area contributed by atoms with Gasteiger partial charge in [0, 0.05) is 6.26 Å². The highest BCUT2D eigenvalue weighted by molar-refractivity contribution is 7.90. The van der Waals surface area contributed by atoms with Gasteiger partial charge in [-0.05, 0) is 49.0 Å². The monoisotopic (exact) mass is 307 g/mol. The van der Waals surface area contributed by atoms with Gasteiger partial charge in [-0.25, -0.2) is 8.42 Å². The molecule has 0 amide bonds. The number of unbranched alkanes of at least 4 members (excludes halogenated alkanes) is 1. The largest absolute Gasteiger partial charge is 0.224 e. The van der Waals surface area contributed by atoms with Gasteiger partial charge in [0.15, 0.2) is 9.84 Å². The minimum absolute atomic E-state index is 0.291. The fourth-order valence-electron chi connectivity index (χ4n) is 2.86. The molecule has 0 aromatic heterocycles. The summed E-state index contributed by atoms with van der Waals surface area (Å²) in [6, 6.07) is 6.51. The molecular formula is C16H21NO3S. The number of sulfone groups is 1. The predicted molar refractivity (Wildman–Crippen MR) is 84.8 cm³/mol. The van der Waals surface area contributed by atoms with Crippen molar-refractivity contribution in [1.29, 1.82) is 0 Å². The topological polar surface area (TPSA) is 63.6 Å². The van der Waals surface area contributed by atoms with Crippen LogP contribution in [0.1, 0.15) is 44.6 Å². The summed E-state index contributed by atoms with van der Waals surface area (Å²) in [5, 5.41) is 3.25. The van der Waals surface area contributed by atoms with Gasteiger partial charge >= 0.3 is 0 Å². The number of hydrogen-bond acceptors (Lipinski definition) is 4. The van der Waals surface area contributed by atoms with Crippen LogP contribution in [-0.2, 0) is 9.84 Å². The smallest absolute Gasteiger partial charge is 0.175 e. The van der Waals surface area contributed by atoms with Crippen molar-refractivity contribution < 1.29 is 8.42 Å². The van der Waals surface area contributed by atoms with E-state index in [-0.39, 0.29) is 6.04 Å². The van der Waals surface area contributed by atoms with Gasteiger partial charge in [-0.3, -0.25) is 0 Å². The zero-order valence-corrected chi connectivity index (χ0v) is 13.3. The summed E-state index contributed by atoms with van der Waals surface area (Å²) >= 11 is 0. The van der Waals surface area contributed by atoms with Crippen LogP contribution in [0.5, 0.6) is 0 Å². The molecule has 0 bridgehead atoms. The van der Waals surface area contributed by atoms with E-state index in [1.165, 1.54) is 11.8 Å². The molecule has 0 aliphatic heterocycles. The summed E-state index contributed by atoms with van der Waals surface area (Å²) in [6.45, 7) is 2.14. The van der Waals surface area contributed by atoms with E-state index in [1.807, 2.05) is 0 Å². The lowest BCUT2D eigenvalue weighted by Crippen LogP contribution is -2.03. The molecule has 0 saturated heterocycles. The molecule has 4 nitrogen and oxygen atoms in total. The molecule has 1 aliphatic carbocycles. The molecule has 1 atom stereocenters. The molecule has 5 heteroatoms. The Kier molecular flexibility index (Phi) is 4.93. The standard InChI is InChI=1S/C16H21NO3S/c1-3-4-5-12-8-11-15(17-18)16(12)13-6-9-14(10-7-13)21(2,19)20/h6-7,9-10,15H,3-5,8,11H2,1-2H3. The molecular weight excluding hydrogens is 286 g/mol. The van der Waals surface area contributed by atoms with E-state index in [0.29, 0.717) is 4.90 Å². The first-order valence-electron chi connectivity index (χ1n) is 7.32. The minimum atomic E-state index is -3.19. The highest BCUT2D eigenvalue weighted by atomic mass is 32.2. The van der Waals surface area contributed by atoms with Crippen molar-refractivity contribution >= 4 is 15.4 Å². The summed E-state index contributed by atoms with van der Waals surface area (Å²) < 4.78 is 23.0. The quantitative estimate of drug-likeness (QED) is 0.747. The Balaban J connectivity index is 2.38. The molecule has 1 aliphatic rings. The van der Waals surface area contributed by atoms with Crippen molar-refractivity contribution in [3.63, 3.8) is 0 Å². The first kappa shape index (κ1) is 15.9. The van der Waals surface area contributed by atoms with E-state index in [2.05, 4.69) is 12.1 Å². The number of rotatable bonds is 6. The van der Waals surface area contributed by atoms with Crippen LogP contribution in [0, 0.1) is 4.91 Å². The first-order chi connectivity index (χ1) is 9.97. The highest BCUT2D eigenvalue weighted by Gasteiger charge is 2.27. The van der Waals surface area contributed by atoms with Gasteiger partial charge in [-0.2, -0.15) is 4.91 Å². The van der Waals surface area contributed by atoms with E-state index in [9.17, 15) is 13.3 Å². The van der Waals surface area contributed by atoms with Gasteiger partial charge in [0.2, 0.25) is 0 Å². The second-order valence-corrected chi connectivity index (χ2v) is 7.59. The molecule has 114 valence electrons. The van der Waals surface area contributed by atoms with Crippen LogP contribution in [0.3, 0.4) is 0 Å². The SMILES string of the molecule is CCCCC1=C(c2ccc(S(C)(=O)=O)cc2)C(N=O)CC1. The maximum atomic E-state index is 11.5. The summed E-state index contributed by atoms with van der Waals surface area (Å²) in [4.78, 5) is 11.4. The minimum Gasteiger partial charge on any atom is -0.224 e. The summed E-state index contributed by atoms with van der Waals surface area (Å²) in [5.74, 6) is 0. The van der Waals surface area contributed by atoms with Crippen LogP contribution in [0.2, 0.25) is 0 Å². The normalized spacial score (nSPS) is 19.0. The summed E-state index contributed by atoms with van der Waals surface area (Å²) in [6.07, 6.45) is 6.09. The van der Waals surface area contributed by atoms with E-state index in [0.717, 1.165) is 43.2 Å². The molecule has 1 aromatic rings. The predicted octanol–water partition coefficient (Wildman–Crippen LogP) is 3.96. The zero-order chi connectivity index (χ0) is 15.5. The van der Waals surface area contributed by atoms with Crippen molar-refractivity contribution in [2.24, 2.45) is 5.18 Å². The Morgan fingerprint density at radius 2 is 1.90 bits per heavy atom. The van der Waals surface area contributed by atoms with E-state index < -0.39 is 9.84 Å². The lowest BCUT2D eigenvalue weighted by Gasteiger charge is -2.11. The summed E-state index contributed by atoms with van der Waals surface area (Å²) in [7, 11) is -3.19. The fourth-order valence-corrected chi connectivity index (χ4v) is 3.49. The van der Waals surface area contributed by atoms with Crippen molar-refractivity contribution in [3.8, 4) is 0 Å². The molecule has 1 unspecified atom stereocenters. The Bertz CT molecular complexity index is 645. The third kappa shape index (κ3) is 3.59. The maximum Gasteiger partial charge on any atom is 0.175 e. The Labute approximate surface area is 126 Å². The Morgan fingerprint density at radius 1 is 1.24 bits per heavy atom. The average Bonchev–Trinajstić information content (AvgIpc) is 2.87. The van der Waals surface area contributed by atoms with Gasteiger partial charge < -0.3 is 0 Å². The lowest BCUT2D eigenvalue weighted by molar-refractivity contribution is 0.602. The zero-order valence-electron chi connectivity index (χ0n) is 12.5. The molecule has 1 aromatic carbocycles. The Morgan fingerprint density at radius 3 is 2.43 bits per heavy atom.